The molecular formula is C18H22O3. The van der Waals surface area contributed by atoms with Gasteiger partial charge in [0.2, 0.25) is 0 Å². The van der Waals surface area contributed by atoms with Crippen molar-refractivity contribution in [2.45, 2.75) is 26.4 Å². The third-order valence-electron chi connectivity index (χ3n) is 3.98. The summed E-state index contributed by atoms with van der Waals surface area (Å²) in [4.78, 5) is 0. The van der Waals surface area contributed by atoms with Gasteiger partial charge < -0.3 is 14.6 Å². The molecule has 0 spiro atoms. The van der Waals surface area contributed by atoms with Gasteiger partial charge >= 0.3 is 0 Å². The van der Waals surface area contributed by atoms with E-state index in [9.17, 15) is 5.11 Å². The molecule has 0 saturated heterocycles. The first kappa shape index (κ1) is 15.4. The number of ether oxygens (including phenoxy) is 2. The fraction of sp³-hybridized carbons (Fsp3) is 0.333. The Morgan fingerprint density at radius 2 is 1.38 bits per heavy atom. The molecule has 0 aliphatic carbocycles. The number of hydrogen-bond acceptors (Lipinski definition) is 3. The van der Waals surface area contributed by atoms with E-state index in [4.69, 9.17) is 9.47 Å². The maximum atomic E-state index is 11.0. The highest BCUT2D eigenvalue weighted by molar-refractivity contribution is 5.46. The lowest BCUT2D eigenvalue weighted by molar-refractivity contribution is 0.102. The summed E-state index contributed by atoms with van der Waals surface area (Å²) in [6.45, 7) is 5.88. The number of methoxy groups -OCH3 is 2. The molecule has 112 valence electrons. The second-order valence-electron chi connectivity index (χ2n) is 5.47. The first-order valence-corrected chi connectivity index (χ1v) is 6.92. The van der Waals surface area contributed by atoms with Gasteiger partial charge in [-0.3, -0.25) is 0 Å². The molecular weight excluding hydrogens is 264 g/mol. The minimum absolute atomic E-state index is 0.661. The van der Waals surface area contributed by atoms with Crippen molar-refractivity contribution in [3.8, 4) is 11.5 Å². The van der Waals surface area contributed by atoms with Gasteiger partial charge in [-0.05, 0) is 55.2 Å². The summed E-state index contributed by atoms with van der Waals surface area (Å²) < 4.78 is 10.6. The number of aryl methyl sites for hydroxylation is 2. The zero-order valence-electron chi connectivity index (χ0n) is 13.2. The van der Waals surface area contributed by atoms with Crippen molar-refractivity contribution in [1.82, 2.24) is 0 Å². The van der Waals surface area contributed by atoms with Crippen LogP contribution in [0.15, 0.2) is 36.4 Å². The van der Waals surface area contributed by atoms with Crippen molar-refractivity contribution in [1.29, 1.82) is 0 Å². The van der Waals surface area contributed by atoms with Crippen molar-refractivity contribution in [3.63, 3.8) is 0 Å². The molecule has 2 aromatic rings. The molecule has 21 heavy (non-hydrogen) atoms. The fourth-order valence-electron chi connectivity index (χ4n) is 2.30. The largest absolute Gasteiger partial charge is 0.497 e. The highest BCUT2D eigenvalue weighted by Gasteiger charge is 2.27. The van der Waals surface area contributed by atoms with Gasteiger partial charge in [0.25, 0.3) is 0 Å². The quantitative estimate of drug-likeness (QED) is 0.933. The van der Waals surface area contributed by atoms with Crippen LogP contribution in [0.1, 0.15) is 29.2 Å². The van der Waals surface area contributed by atoms with Crippen LogP contribution in [0.5, 0.6) is 11.5 Å². The van der Waals surface area contributed by atoms with E-state index >= 15 is 0 Å². The van der Waals surface area contributed by atoms with Crippen LogP contribution in [0.4, 0.5) is 0 Å². The van der Waals surface area contributed by atoms with E-state index in [1.165, 1.54) is 5.56 Å². The summed E-state index contributed by atoms with van der Waals surface area (Å²) in [6, 6.07) is 11.4. The average Bonchev–Trinajstić information content (AvgIpc) is 2.49. The second kappa shape index (κ2) is 5.78. The highest BCUT2D eigenvalue weighted by Crippen LogP contribution is 2.35. The first-order valence-electron chi connectivity index (χ1n) is 6.92. The molecule has 3 heteroatoms. The van der Waals surface area contributed by atoms with Crippen LogP contribution in [-0.4, -0.2) is 19.3 Å². The first-order chi connectivity index (χ1) is 9.88. The lowest BCUT2D eigenvalue weighted by Gasteiger charge is -2.26. The molecule has 2 rings (SSSR count). The molecule has 1 atom stereocenters. The SMILES string of the molecule is COc1cc(OC)cc(C(C)(O)c2ccc(C)c(C)c2)c1. The zero-order chi connectivity index (χ0) is 15.6. The molecule has 0 amide bonds. The van der Waals surface area contributed by atoms with Gasteiger partial charge in [0.1, 0.15) is 17.1 Å². The van der Waals surface area contributed by atoms with Crippen LogP contribution in [0, 0.1) is 13.8 Å². The lowest BCUT2D eigenvalue weighted by Crippen LogP contribution is -2.23. The molecule has 1 N–H and O–H groups in total. The van der Waals surface area contributed by atoms with Crippen LogP contribution in [0.25, 0.3) is 0 Å². The molecule has 0 aromatic heterocycles. The van der Waals surface area contributed by atoms with E-state index in [1.54, 1.807) is 27.2 Å². The Hall–Kier alpha value is -2.00. The van der Waals surface area contributed by atoms with Crippen LogP contribution < -0.4 is 9.47 Å². The summed E-state index contributed by atoms with van der Waals surface area (Å²) >= 11 is 0. The molecule has 0 saturated carbocycles. The number of aliphatic hydroxyl groups is 1. The second-order valence-corrected chi connectivity index (χ2v) is 5.47. The Balaban J connectivity index is 2.54. The van der Waals surface area contributed by atoms with E-state index in [0.29, 0.717) is 11.5 Å². The maximum Gasteiger partial charge on any atom is 0.122 e. The average molecular weight is 286 g/mol. The Morgan fingerprint density at radius 3 is 1.86 bits per heavy atom. The molecule has 0 bridgehead atoms. The number of hydrogen-bond donors (Lipinski definition) is 1. The van der Waals surface area contributed by atoms with Crippen molar-refractivity contribution < 1.29 is 14.6 Å². The normalized spacial score (nSPS) is 13.6. The molecule has 0 fully saturated rings. The zero-order valence-corrected chi connectivity index (χ0v) is 13.2. The maximum absolute atomic E-state index is 11.0. The third kappa shape index (κ3) is 3.03. The van der Waals surface area contributed by atoms with Gasteiger partial charge in [0, 0.05) is 6.07 Å². The van der Waals surface area contributed by atoms with Crippen LogP contribution in [0.3, 0.4) is 0 Å². The van der Waals surface area contributed by atoms with Crippen LogP contribution in [-0.2, 0) is 5.60 Å². The van der Waals surface area contributed by atoms with Gasteiger partial charge in [0.05, 0.1) is 14.2 Å². The van der Waals surface area contributed by atoms with Crippen molar-refractivity contribution in [2.24, 2.45) is 0 Å². The minimum atomic E-state index is -1.11. The standard InChI is InChI=1S/C18H22O3/c1-12-6-7-14(8-13(12)2)18(3,19)15-9-16(20-4)11-17(10-15)21-5/h6-11,19H,1-5H3. The van der Waals surface area contributed by atoms with Gasteiger partial charge in [-0.1, -0.05) is 18.2 Å². The molecule has 0 aliphatic rings. The molecule has 3 nitrogen and oxygen atoms in total. The Labute approximate surface area is 126 Å². The van der Waals surface area contributed by atoms with Gasteiger partial charge in [-0.2, -0.15) is 0 Å². The van der Waals surface area contributed by atoms with E-state index in [0.717, 1.165) is 16.7 Å². The smallest absolute Gasteiger partial charge is 0.122 e. The monoisotopic (exact) mass is 286 g/mol. The summed E-state index contributed by atoms with van der Waals surface area (Å²) in [6.07, 6.45) is 0. The lowest BCUT2D eigenvalue weighted by atomic mass is 9.86. The minimum Gasteiger partial charge on any atom is -0.497 e. The van der Waals surface area contributed by atoms with Crippen molar-refractivity contribution >= 4 is 0 Å². The van der Waals surface area contributed by atoms with E-state index in [2.05, 4.69) is 6.92 Å². The topological polar surface area (TPSA) is 38.7 Å². The van der Waals surface area contributed by atoms with Gasteiger partial charge in [-0.15, -0.1) is 0 Å². The molecule has 0 aliphatic heterocycles. The van der Waals surface area contributed by atoms with E-state index < -0.39 is 5.60 Å². The number of benzene rings is 2. The third-order valence-corrected chi connectivity index (χ3v) is 3.98. The summed E-state index contributed by atoms with van der Waals surface area (Å²) in [5.74, 6) is 1.32. The Bertz CT molecular complexity index is 623. The fourth-order valence-corrected chi connectivity index (χ4v) is 2.30. The van der Waals surface area contributed by atoms with Gasteiger partial charge in [0.15, 0.2) is 0 Å². The molecule has 1 unspecified atom stereocenters. The molecule has 0 heterocycles. The molecule has 2 aromatic carbocycles. The van der Waals surface area contributed by atoms with Crippen LogP contribution in [0.2, 0.25) is 0 Å². The van der Waals surface area contributed by atoms with Crippen molar-refractivity contribution in [2.75, 3.05) is 14.2 Å². The summed E-state index contributed by atoms with van der Waals surface area (Å²) in [5, 5.41) is 11.0. The number of rotatable bonds is 4. The summed E-state index contributed by atoms with van der Waals surface area (Å²) in [7, 11) is 3.20. The predicted molar refractivity (Wildman–Crippen MR) is 84.1 cm³/mol. The van der Waals surface area contributed by atoms with Gasteiger partial charge in [-0.25, -0.2) is 0 Å². The van der Waals surface area contributed by atoms with Crippen LogP contribution >= 0.6 is 0 Å². The Kier molecular flexibility index (Phi) is 4.24. The van der Waals surface area contributed by atoms with Crippen molar-refractivity contribution in [3.05, 3.63) is 58.7 Å². The Morgan fingerprint density at radius 1 is 0.810 bits per heavy atom. The van der Waals surface area contributed by atoms with E-state index in [1.807, 2.05) is 37.3 Å². The molecule has 0 radical (unpaired) electrons. The predicted octanol–water partition coefficient (Wildman–Crippen LogP) is 3.58. The highest BCUT2D eigenvalue weighted by atomic mass is 16.5. The van der Waals surface area contributed by atoms with E-state index in [-0.39, 0.29) is 0 Å². The summed E-state index contributed by atoms with van der Waals surface area (Å²) in [5.41, 5.74) is 2.84.